The van der Waals surface area contributed by atoms with Gasteiger partial charge in [-0.3, -0.25) is 9.59 Å². The molecule has 0 aliphatic rings. The molecule has 2 N–H and O–H groups in total. The maximum absolute atomic E-state index is 11.7. The van der Waals surface area contributed by atoms with Gasteiger partial charge in [0.15, 0.2) is 0 Å². The van der Waals surface area contributed by atoms with Gasteiger partial charge < -0.3 is 19.9 Å². The van der Waals surface area contributed by atoms with Gasteiger partial charge in [-0.2, -0.15) is 0 Å². The van der Waals surface area contributed by atoms with Crippen LogP contribution in [0.4, 0.5) is 4.79 Å². The Bertz CT molecular complexity index is 502. The fraction of sp³-hybridized carbons (Fsp3) is 0.400. The van der Waals surface area contributed by atoms with Gasteiger partial charge >= 0.3 is 12.1 Å². The molecule has 1 aromatic rings. The number of alkyl carbamates (subject to hydrolysis) is 1. The second kappa shape index (κ2) is 9.51. The Labute approximate surface area is 128 Å². The lowest BCUT2D eigenvalue weighted by molar-refractivity contribution is -0.140. The monoisotopic (exact) mass is 309 g/mol. The topological polar surface area (TPSA) is 102 Å². The minimum Gasteiger partial charge on any atom is -0.481 e. The predicted octanol–water partition coefficient (Wildman–Crippen LogP) is 1.36. The van der Waals surface area contributed by atoms with E-state index in [0.717, 1.165) is 5.56 Å². The van der Waals surface area contributed by atoms with E-state index >= 15 is 0 Å². The quantitative estimate of drug-likeness (QED) is 0.668. The summed E-state index contributed by atoms with van der Waals surface area (Å²) in [6.07, 6.45) is -1.39. The number of amides is 1. The second-order valence-electron chi connectivity index (χ2n) is 4.67. The molecule has 120 valence electrons. The molecule has 1 amide bonds. The first-order valence-electron chi connectivity index (χ1n) is 6.71. The summed E-state index contributed by atoms with van der Waals surface area (Å²) in [5.74, 6) is -1.69. The number of benzene rings is 1. The molecule has 0 saturated carbocycles. The van der Waals surface area contributed by atoms with Crippen LogP contribution in [0.5, 0.6) is 0 Å². The van der Waals surface area contributed by atoms with Gasteiger partial charge in [0.05, 0.1) is 12.6 Å². The Hall–Kier alpha value is -2.41. The van der Waals surface area contributed by atoms with Crippen molar-refractivity contribution in [2.45, 2.75) is 25.5 Å². The summed E-state index contributed by atoms with van der Waals surface area (Å²) in [4.78, 5) is 33.6. The number of methoxy groups -OCH3 is 1. The predicted molar refractivity (Wildman–Crippen MR) is 77.3 cm³/mol. The van der Waals surface area contributed by atoms with E-state index in [0.29, 0.717) is 0 Å². The number of carbonyl (C=O) groups excluding carboxylic acids is 2. The van der Waals surface area contributed by atoms with E-state index in [9.17, 15) is 14.4 Å². The highest BCUT2D eigenvalue weighted by Gasteiger charge is 2.18. The number of hydrogen-bond donors (Lipinski definition) is 2. The highest BCUT2D eigenvalue weighted by molar-refractivity contribution is 5.95. The van der Waals surface area contributed by atoms with E-state index in [1.165, 1.54) is 7.11 Å². The number of aliphatic carboxylic acids is 1. The first-order chi connectivity index (χ1) is 10.5. The Morgan fingerprint density at radius 3 is 2.50 bits per heavy atom. The van der Waals surface area contributed by atoms with Crippen molar-refractivity contribution >= 4 is 17.8 Å². The average molecular weight is 309 g/mol. The third-order valence-corrected chi connectivity index (χ3v) is 2.73. The van der Waals surface area contributed by atoms with Crippen molar-refractivity contribution in [3.05, 3.63) is 35.9 Å². The van der Waals surface area contributed by atoms with Crippen LogP contribution < -0.4 is 5.32 Å². The first kappa shape index (κ1) is 17.6. The minimum atomic E-state index is -1.20. The molecule has 22 heavy (non-hydrogen) atoms. The number of ketones is 1. The lowest BCUT2D eigenvalue weighted by Crippen LogP contribution is -2.40. The third-order valence-electron chi connectivity index (χ3n) is 2.73. The number of ether oxygens (including phenoxy) is 2. The molecule has 0 bridgehead atoms. The molecule has 0 aliphatic heterocycles. The molecule has 1 rings (SSSR count). The summed E-state index contributed by atoms with van der Waals surface area (Å²) in [6.45, 7) is 0.196. The minimum absolute atomic E-state index is 0.0891. The molecule has 0 saturated heterocycles. The molecule has 0 unspecified atom stereocenters. The maximum atomic E-state index is 11.7. The van der Waals surface area contributed by atoms with Crippen LogP contribution in [0, 0.1) is 0 Å². The summed E-state index contributed by atoms with van der Waals surface area (Å²) in [5, 5.41) is 11.0. The van der Waals surface area contributed by atoms with Gasteiger partial charge in [0, 0.05) is 13.5 Å². The average Bonchev–Trinajstić information content (AvgIpc) is 2.45. The van der Waals surface area contributed by atoms with Crippen molar-refractivity contribution < 1.29 is 29.0 Å². The zero-order valence-electron chi connectivity index (χ0n) is 12.3. The number of nitrogens with one attached hydrogen (secondary N) is 1. The van der Waals surface area contributed by atoms with Crippen molar-refractivity contribution in [2.24, 2.45) is 0 Å². The van der Waals surface area contributed by atoms with Crippen molar-refractivity contribution in [1.82, 2.24) is 5.32 Å². The summed E-state index contributed by atoms with van der Waals surface area (Å²) in [7, 11) is 1.42. The van der Waals surface area contributed by atoms with Gasteiger partial charge in [-0.25, -0.2) is 4.79 Å². The number of rotatable bonds is 9. The zero-order valence-corrected chi connectivity index (χ0v) is 12.3. The zero-order chi connectivity index (χ0) is 16.4. The summed E-state index contributed by atoms with van der Waals surface area (Å²) in [6, 6.07) is 8.52. The fourth-order valence-corrected chi connectivity index (χ4v) is 1.80. The van der Waals surface area contributed by atoms with E-state index in [1.807, 2.05) is 30.3 Å². The van der Waals surface area contributed by atoms with Crippen molar-refractivity contribution in [3.8, 4) is 0 Å². The van der Waals surface area contributed by atoms with Crippen LogP contribution in [-0.2, 0) is 25.7 Å². The van der Waals surface area contributed by atoms with E-state index in [2.05, 4.69) is 5.32 Å². The molecule has 0 spiro atoms. The van der Waals surface area contributed by atoms with Gasteiger partial charge in [-0.15, -0.1) is 0 Å². The van der Waals surface area contributed by atoms with Crippen molar-refractivity contribution in [3.63, 3.8) is 0 Å². The summed E-state index contributed by atoms with van der Waals surface area (Å²) < 4.78 is 9.94. The molecule has 0 heterocycles. The van der Waals surface area contributed by atoms with Gasteiger partial charge in [0.25, 0.3) is 0 Å². The molecular weight excluding hydrogens is 290 g/mol. The van der Waals surface area contributed by atoms with Crippen LogP contribution in [0.1, 0.15) is 18.4 Å². The van der Waals surface area contributed by atoms with Crippen molar-refractivity contribution in [1.29, 1.82) is 0 Å². The molecule has 1 aromatic carbocycles. The summed E-state index contributed by atoms with van der Waals surface area (Å²) >= 11 is 0. The molecule has 0 aliphatic carbocycles. The highest BCUT2D eigenvalue weighted by atomic mass is 16.5. The van der Waals surface area contributed by atoms with Crippen LogP contribution in [0.15, 0.2) is 30.3 Å². The Morgan fingerprint density at radius 2 is 1.91 bits per heavy atom. The summed E-state index contributed by atoms with van der Waals surface area (Å²) in [5.41, 5.74) is 0.836. The number of Topliss-reactive ketones (excluding diaryl/α,β-unsaturated/α-hetero) is 1. The van der Waals surface area contributed by atoms with Crippen LogP contribution in [0.25, 0.3) is 0 Å². The van der Waals surface area contributed by atoms with Gasteiger partial charge in [-0.1, -0.05) is 30.3 Å². The van der Waals surface area contributed by atoms with Crippen LogP contribution in [0.3, 0.4) is 0 Å². The number of carboxylic acids is 1. The molecule has 0 fully saturated rings. The lowest BCUT2D eigenvalue weighted by Gasteiger charge is -2.16. The normalized spacial score (nSPS) is 11.5. The second-order valence-corrected chi connectivity index (χ2v) is 4.67. The molecule has 7 nitrogen and oxygen atoms in total. The SMILES string of the molecule is COC[C@H](CC(=O)CC(=O)O)NC(=O)OCc1ccccc1. The van der Waals surface area contributed by atoms with E-state index in [1.54, 1.807) is 0 Å². The van der Waals surface area contributed by atoms with Gasteiger partial charge in [0.1, 0.15) is 18.8 Å². The number of carbonyl (C=O) groups is 3. The van der Waals surface area contributed by atoms with Gasteiger partial charge in [0.2, 0.25) is 0 Å². The molecule has 1 atom stereocenters. The fourth-order valence-electron chi connectivity index (χ4n) is 1.80. The van der Waals surface area contributed by atoms with Crippen LogP contribution in [0.2, 0.25) is 0 Å². The van der Waals surface area contributed by atoms with Gasteiger partial charge in [-0.05, 0) is 5.56 Å². The lowest BCUT2D eigenvalue weighted by atomic mass is 10.1. The standard InChI is InChI=1S/C15H19NO6/c1-21-10-12(7-13(17)8-14(18)19)16-15(20)22-9-11-5-3-2-4-6-11/h2-6,12H,7-10H2,1H3,(H,16,20)(H,18,19)/t12-/m0/s1. The van der Waals surface area contributed by atoms with Crippen LogP contribution >= 0.6 is 0 Å². The maximum Gasteiger partial charge on any atom is 0.407 e. The van der Waals surface area contributed by atoms with E-state index < -0.39 is 30.3 Å². The smallest absolute Gasteiger partial charge is 0.407 e. The molecule has 0 aromatic heterocycles. The Morgan fingerprint density at radius 1 is 1.23 bits per heavy atom. The van der Waals surface area contributed by atoms with Crippen LogP contribution in [-0.4, -0.2) is 42.7 Å². The Balaban J connectivity index is 2.42. The van der Waals surface area contributed by atoms with E-state index in [4.69, 9.17) is 14.6 Å². The van der Waals surface area contributed by atoms with E-state index in [-0.39, 0.29) is 19.6 Å². The number of hydrogen-bond acceptors (Lipinski definition) is 5. The van der Waals surface area contributed by atoms with Crippen molar-refractivity contribution in [2.75, 3.05) is 13.7 Å². The molecule has 7 heteroatoms. The highest BCUT2D eigenvalue weighted by Crippen LogP contribution is 2.02. The molecule has 0 radical (unpaired) electrons. The number of carboxylic acid groups (broad SMARTS) is 1. The Kier molecular flexibility index (Phi) is 7.63. The molecular formula is C15H19NO6. The first-order valence-corrected chi connectivity index (χ1v) is 6.71. The largest absolute Gasteiger partial charge is 0.481 e. The third kappa shape index (κ3) is 7.39.